The van der Waals surface area contributed by atoms with Gasteiger partial charge in [0.25, 0.3) is 6.26 Å². The molecule has 0 saturated carbocycles. The Hall–Kier alpha value is -1.57. The van der Waals surface area contributed by atoms with Crippen molar-refractivity contribution in [1.82, 2.24) is 0 Å². The van der Waals surface area contributed by atoms with Gasteiger partial charge in [-0.05, 0) is 13.3 Å². The standard InChI is InChI=1S/C9H13NO4/c1-3-7(9(12)14-6-10)5-8(11)13-4-2/h7H,3-5H2,1-2H3. The number of carbonyl (C=O) groups excluding carboxylic acids is 2. The van der Waals surface area contributed by atoms with Crippen LogP contribution in [0.1, 0.15) is 26.7 Å². The lowest BCUT2D eigenvalue weighted by atomic mass is 10.0. The molecule has 0 aromatic heterocycles. The molecule has 0 amide bonds. The predicted octanol–water partition coefficient (Wildman–Crippen LogP) is 0.990. The molecule has 1 atom stereocenters. The summed E-state index contributed by atoms with van der Waals surface area (Å²) in [6, 6.07) is 0. The number of nitrogens with zero attached hydrogens (tertiary/aromatic N) is 1. The zero-order chi connectivity index (χ0) is 11.0. The lowest BCUT2D eigenvalue weighted by Gasteiger charge is -2.09. The number of ether oxygens (including phenoxy) is 2. The van der Waals surface area contributed by atoms with Gasteiger partial charge in [0, 0.05) is 0 Å². The Bertz CT molecular complexity index is 244. The highest BCUT2D eigenvalue weighted by atomic mass is 16.5. The van der Waals surface area contributed by atoms with Gasteiger partial charge in [-0.3, -0.25) is 9.59 Å². The molecule has 0 rings (SSSR count). The smallest absolute Gasteiger partial charge is 0.325 e. The molecule has 78 valence electrons. The van der Waals surface area contributed by atoms with Crippen molar-refractivity contribution in [2.45, 2.75) is 26.7 Å². The van der Waals surface area contributed by atoms with Gasteiger partial charge in [-0.15, -0.1) is 5.26 Å². The van der Waals surface area contributed by atoms with Crippen molar-refractivity contribution in [3.8, 4) is 6.26 Å². The van der Waals surface area contributed by atoms with Gasteiger partial charge in [-0.25, -0.2) is 0 Å². The van der Waals surface area contributed by atoms with Crippen molar-refractivity contribution in [2.24, 2.45) is 5.92 Å². The number of rotatable bonds is 5. The molecule has 1 unspecified atom stereocenters. The highest BCUT2D eigenvalue weighted by molar-refractivity contribution is 5.80. The maximum Gasteiger partial charge on any atom is 0.325 e. The Morgan fingerprint density at radius 3 is 2.50 bits per heavy atom. The third-order valence-corrected chi connectivity index (χ3v) is 1.69. The number of hydrogen-bond acceptors (Lipinski definition) is 5. The predicted molar refractivity (Wildman–Crippen MR) is 46.7 cm³/mol. The van der Waals surface area contributed by atoms with Gasteiger partial charge in [0.2, 0.25) is 0 Å². The Kier molecular flexibility index (Phi) is 6.12. The summed E-state index contributed by atoms with van der Waals surface area (Å²) in [5.74, 6) is -1.72. The summed E-state index contributed by atoms with van der Waals surface area (Å²) < 4.78 is 8.81. The Morgan fingerprint density at radius 2 is 2.07 bits per heavy atom. The average Bonchev–Trinajstić information content (AvgIpc) is 2.15. The molecule has 5 heteroatoms. The van der Waals surface area contributed by atoms with Crippen molar-refractivity contribution in [2.75, 3.05) is 6.61 Å². The summed E-state index contributed by atoms with van der Waals surface area (Å²) in [7, 11) is 0. The highest BCUT2D eigenvalue weighted by Crippen LogP contribution is 2.11. The molecule has 0 fully saturated rings. The Morgan fingerprint density at radius 1 is 1.43 bits per heavy atom. The average molecular weight is 199 g/mol. The van der Waals surface area contributed by atoms with E-state index in [2.05, 4.69) is 9.47 Å². The van der Waals surface area contributed by atoms with Crippen molar-refractivity contribution < 1.29 is 19.1 Å². The molecule has 0 bridgehead atoms. The minimum atomic E-state index is -0.678. The maximum atomic E-state index is 11.1. The van der Waals surface area contributed by atoms with Crippen LogP contribution < -0.4 is 0 Å². The summed E-state index contributed by atoms with van der Waals surface area (Å²) >= 11 is 0. The first-order valence-corrected chi connectivity index (χ1v) is 4.41. The molecular weight excluding hydrogens is 186 g/mol. The first kappa shape index (κ1) is 12.4. The SMILES string of the molecule is CCOC(=O)CC(CC)C(=O)OC#N. The molecule has 14 heavy (non-hydrogen) atoms. The third kappa shape index (κ3) is 4.45. The molecule has 0 aliphatic heterocycles. The number of carbonyl (C=O) groups is 2. The fraction of sp³-hybridized carbons (Fsp3) is 0.667. The molecular formula is C9H13NO4. The van der Waals surface area contributed by atoms with Gasteiger partial charge >= 0.3 is 11.9 Å². The summed E-state index contributed by atoms with van der Waals surface area (Å²) in [5.41, 5.74) is 0. The molecule has 0 spiro atoms. The van der Waals surface area contributed by atoms with Crippen molar-refractivity contribution in [3.63, 3.8) is 0 Å². The molecule has 5 nitrogen and oxygen atoms in total. The summed E-state index contributed by atoms with van der Waals surface area (Å²) in [5, 5.41) is 8.11. The van der Waals surface area contributed by atoms with E-state index in [4.69, 9.17) is 5.26 Å². The van der Waals surface area contributed by atoms with E-state index in [0.717, 1.165) is 0 Å². The molecule has 0 heterocycles. The molecule has 0 saturated heterocycles. The quantitative estimate of drug-likeness (QED) is 0.487. The first-order chi connectivity index (χ1) is 6.65. The zero-order valence-electron chi connectivity index (χ0n) is 8.28. The van der Waals surface area contributed by atoms with Crippen LogP contribution in [0.2, 0.25) is 0 Å². The maximum absolute atomic E-state index is 11.1. The van der Waals surface area contributed by atoms with Gasteiger partial charge in [0.1, 0.15) is 0 Å². The van der Waals surface area contributed by atoms with Crippen molar-refractivity contribution >= 4 is 11.9 Å². The van der Waals surface area contributed by atoms with E-state index >= 15 is 0 Å². The number of esters is 2. The molecule has 0 N–H and O–H groups in total. The largest absolute Gasteiger partial charge is 0.466 e. The van der Waals surface area contributed by atoms with Crippen molar-refractivity contribution in [3.05, 3.63) is 0 Å². The lowest BCUT2D eigenvalue weighted by Crippen LogP contribution is -2.20. The van der Waals surface area contributed by atoms with E-state index in [1.54, 1.807) is 13.8 Å². The minimum Gasteiger partial charge on any atom is -0.466 e. The fourth-order valence-electron chi connectivity index (χ4n) is 0.944. The minimum absolute atomic E-state index is 0.0369. The van der Waals surface area contributed by atoms with E-state index < -0.39 is 17.9 Å². The molecule has 0 aromatic rings. The Labute approximate surface area is 82.6 Å². The zero-order valence-corrected chi connectivity index (χ0v) is 8.28. The van der Waals surface area contributed by atoms with Crippen LogP contribution in [-0.2, 0) is 19.1 Å². The monoisotopic (exact) mass is 199 g/mol. The first-order valence-electron chi connectivity index (χ1n) is 4.41. The van der Waals surface area contributed by atoms with Gasteiger partial charge < -0.3 is 9.47 Å². The second-order valence-corrected chi connectivity index (χ2v) is 2.63. The normalized spacial score (nSPS) is 11.2. The van der Waals surface area contributed by atoms with Gasteiger partial charge in [0.15, 0.2) is 0 Å². The van der Waals surface area contributed by atoms with E-state index in [1.165, 1.54) is 6.26 Å². The molecule has 0 radical (unpaired) electrons. The van der Waals surface area contributed by atoms with Crippen LogP contribution in [0, 0.1) is 17.4 Å². The molecule has 0 aromatic carbocycles. The van der Waals surface area contributed by atoms with Crippen LogP contribution in [-0.4, -0.2) is 18.5 Å². The van der Waals surface area contributed by atoms with Crippen LogP contribution in [0.15, 0.2) is 0 Å². The third-order valence-electron chi connectivity index (χ3n) is 1.69. The summed E-state index contributed by atoms with van der Waals surface area (Å²) in [4.78, 5) is 22.1. The van der Waals surface area contributed by atoms with Gasteiger partial charge in [-0.1, -0.05) is 6.92 Å². The van der Waals surface area contributed by atoms with E-state index in [0.29, 0.717) is 6.42 Å². The summed E-state index contributed by atoms with van der Waals surface area (Å²) in [6.45, 7) is 3.71. The lowest BCUT2D eigenvalue weighted by molar-refractivity contribution is -0.151. The van der Waals surface area contributed by atoms with Crippen LogP contribution >= 0.6 is 0 Å². The molecule has 0 aliphatic rings. The number of nitriles is 1. The van der Waals surface area contributed by atoms with Crippen LogP contribution in [0.4, 0.5) is 0 Å². The van der Waals surface area contributed by atoms with Crippen LogP contribution in [0.5, 0.6) is 0 Å². The molecule has 0 aliphatic carbocycles. The van der Waals surface area contributed by atoms with Gasteiger partial charge in [-0.2, -0.15) is 0 Å². The van der Waals surface area contributed by atoms with E-state index in [-0.39, 0.29) is 13.0 Å². The topological polar surface area (TPSA) is 76.4 Å². The second-order valence-electron chi connectivity index (χ2n) is 2.63. The second kappa shape index (κ2) is 6.89. The fourth-order valence-corrected chi connectivity index (χ4v) is 0.944. The van der Waals surface area contributed by atoms with E-state index in [9.17, 15) is 9.59 Å². The van der Waals surface area contributed by atoms with Gasteiger partial charge in [0.05, 0.1) is 18.9 Å². The van der Waals surface area contributed by atoms with Crippen molar-refractivity contribution in [1.29, 1.82) is 5.26 Å². The Balaban J connectivity index is 4.09. The number of hydrogen-bond donors (Lipinski definition) is 0. The van der Waals surface area contributed by atoms with Crippen LogP contribution in [0.25, 0.3) is 0 Å². The highest BCUT2D eigenvalue weighted by Gasteiger charge is 2.22. The van der Waals surface area contributed by atoms with Crippen LogP contribution in [0.3, 0.4) is 0 Å². The van der Waals surface area contributed by atoms with E-state index in [1.807, 2.05) is 0 Å². The summed E-state index contributed by atoms with van der Waals surface area (Å²) in [6.07, 6.45) is 1.69.